The molecule has 0 unspecified atom stereocenters. The molecule has 1 aromatic carbocycles. The number of methoxy groups -OCH3 is 1. The third-order valence-corrected chi connectivity index (χ3v) is 6.28. The van der Waals surface area contributed by atoms with Crippen molar-refractivity contribution in [3.05, 3.63) is 23.8 Å². The molecule has 1 aromatic heterocycles. The number of nitrogens with zero attached hydrogens (tertiary/aromatic N) is 3. The van der Waals surface area contributed by atoms with Gasteiger partial charge in [0.1, 0.15) is 10.6 Å². The monoisotopic (exact) mass is 436 g/mol. The number of sulfonamides is 1. The first-order valence-electron chi connectivity index (χ1n) is 9.80. The molecule has 1 amide bonds. The van der Waals surface area contributed by atoms with Gasteiger partial charge in [-0.15, -0.1) is 5.10 Å². The van der Waals surface area contributed by atoms with Gasteiger partial charge in [0.2, 0.25) is 21.9 Å². The van der Waals surface area contributed by atoms with Crippen LogP contribution in [0.25, 0.3) is 0 Å². The van der Waals surface area contributed by atoms with E-state index in [2.05, 4.69) is 30.1 Å². The Kier molecular flexibility index (Phi) is 6.32. The van der Waals surface area contributed by atoms with Crippen molar-refractivity contribution < 1.29 is 17.9 Å². The highest BCUT2D eigenvalue weighted by Gasteiger charge is 2.26. The number of hydrogen-bond donors (Lipinski definition) is 3. The van der Waals surface area contributed by atoms with Crippen LogP contribution < -0.4 is 19.7 Å². The molecule has 0 aliphatic carbocycles. The summed E-state index contributed by atoms with van der Waals surface area (Å²) < 4.78 is 33.3. The normalized spacial score (nSPS) is 15.1. The average molecular weight is 437 g/mol. The third kappa shape index (κ3) is 5.28. The molecule has 2 heterocycles. The molecule has 11 heteroatoms. The first kappa shape index (κ1) is 22.0. The van der Waals surface area contributed by atoms with E-state index < -0.39 is 21.5 Å². The summed E-state index contributed by atoms with van der Waals surface area (Å²) in [6.45, 7) is 6.96. The van der Waals surface area contributed by atoms with Crippen LogP contribution in [0.2, 0.25) is 0 Å². The Hall–Kier alpha value is -2.66. The maximum absolute atomic E-state index is 12.8. The van der Waals surface area contributed by atoms with Crippen LogP contribution in [0.15, 0.2) is 23.1 Å². The highest BCUT2D eigenvalue weighted by atomic mass is 32.2. The molecule has 1 aliphatic rings. The lowest BCUT2D eigenvalue weighted by Gasteiger charge is -2.24. The van der Waals surface area contributed by atoms with Crippen LogP contribution in [-0.2, 0) is 10.0 Å². The number of ether oxygens (including phenoxy) is 1. The number of aromatic nitrogens is 3. The maximum Gasteiger partial charge on any atom is 0.258 e. The SMILES string of the molecule is COc1ccc(C(=O)Nc2nc(N3CCCCC3)n[nH]2)cc1S(=O)(=O)NC(C)(C)C. The van der Waals surface area contributed by atoms with Gasteiger partial charge in [-0.2, -0.15) is 4.98 Å². The van der Waals surface area contributed by atoms with E-state index in [1.165, 1.54) is 31.7 Å². The predicted octanol–water partition coefficient (Wildman–Crippen LogP) is 2.13. The van der Waals surface area contributed by atoms with Crippen molar-refractivity contribution >= 4 is 27.8 Å². The van der Waals surface area contributed by atoms with Gasteiger partial charge in [-0.1, -0.05) is 0 Å². The quantitative estimate of drug-likeness (QED) is 0.632. The molecule has 0 radical (unpaired) electrons. The Morgan fingerprint density at radius 1 is 1.20 bits per heavy atom. The van der Waals surface area contributed by atoms with Crippen molar-refractivity contribution in [2.24, 2.45) is 0 Å². The molecular formula is C19H28N6O4S. The number of carbonyl (C=O) groups is 1. The van der Waals surface area contributed by atoms with Gasteiger partial charge in [0.05, 0.1) is 7.11 Å². The van der Waals surface area contributed by atoms with Gasteiger partial charge in [-0.25, -0.2) is 18.2 Å². The van der Waals surface area contributed by atoms with E-state index in [-0.39, 0.29) is 22.2 Å². The molecule has 30 heavy (non-hydrogen) atoms. The van der Waals surface area contributed by atoms with Gasteiger partial charge in [0.15, 0.2) is 0 Å². The number of amides is 1. The molecule has 164 valence electrons. The Morgan fingerprint density at radius 2 is 1.90 bits per heavy atom. The fourth-order valence-corrected chi connectivity index (χ4v) is 4.82. The standard InChI is InChI=1S/C19H28N6O4S/c1-19(2,3)24-30(27,28)15-12-13(8-9-14(15)29-4)16(26)20-17-21-18(23-22-17)25-10-6-5-7-11-25/h8-9,12,24H,5-7,10-11H2,1-4H3,(H2,20,21,22,23,26). The number of rotatable bonds is 6. The molecule has 0 saturated carbocycles. The maximum atomic E-state index is 12.8. The van der Waals surface area contributed by atoms with Crippen molar-refractivity contribution in [2.75, 3.05) is 30.4 Å². The summed E-state index contributed by atoms with van der Waals surface area (Å²) in [6, 6.07) is 4.22. The Labute approximate surface area is 176 Å². The number of hydrogen-bond acceptors (Lipinski definition) is 7. The minimum absolute atomic E-state index is 0.112. The third-order valence-electron chi connectivity index (χ3n) is 4.50. The topological polar surface area (TPSA) is 129 Å². The van der Waals surface area contributed by atoms with Crippen LogP contribution in [0.3, 0.4) is 0 Å². The number of H-pyrrole nitrogens is 1. The Morgan fingerprint density at radius 3 is 2.53 bits per heavy atom. The molecule has 3 N–H and O–H groups in total. The van der Waals surface area contributed by atoms with E-state index in [9.17, 15) is 13.2 Å². The number of nitrogens with one attached hydrogen (secondary N) is 3. The van der Waals surface area contributed by atoms with Crippen molar-refractivity contribution in [3.63, 3.8) is 0 Å². The molecule has 1 saturated heterocycles. The minimum Gasteiger partial charge on any atom is -0.495 e. The fraction of sp³-hybridized carbons (Fsp3) is 0.526. The number of benzene rings is 1. The van der Waals surface area contributed by atoms with Crippen LogP contribution in [0, 0.1) is 0 Å². The molecule has 1 fully saturated rings. The van der Waals surface area contributed by atoms with E-state index >= 15 is 0 Å². The van der Waals surface area contributed by atoms with Crippen LogP contribution in [0.4, 0.5) is 11.9 Å². The van der Waals surface area contributed by atoms with Crippen molar-refractivity contribution in [1.29, 1.82) is 0 Å². The van der Waals surface area contributed by atoms with Crippen LogP contribution in [-0.4, -0.2) is 55.2 Å². The van der Waals surface area contributed by atoms with Crippen molar-refractivity contribution in [1.82, 2.24) is 19.9 Å². The molecule has 1 aliphatic heterocycles. The van der Waals surface area contributed by atoms with Crippen LogP contribution in [0.5, 0.6) is 5.75 Å². The summed E-state index contributed by atoms with van der Waals surface area (Å²) in [7, 11) is -2.52. The second-order valence-corrected chi connectivity index (χ2v) is 9.86. The van der Waals surface area contributed by atoms with Crippen LogP contribution >= 0.6 is 0 Å². The number of piperidine rings is 1. The lowest BCUT2D eigenvalue weighted by Crippen LogP contribution is -2.40. The Balaban J connectivity index is 1.80. The number of aromatic amines is 1. The molecule has 2 aromatic rings. The van der Waals surface area contributed by atoms with E-state index in [4.69, 9.17) is 4.74 Å². The number of anilines is 2. The molecule has 0 spiro atoms. The summed E-state index contributed by atoms with van der Waals surface area (Å²) >= 11 is 0. The smallest absolute Gasteiger partial charge is 0.258 e. The zero-order valence-electron chi connectivity index (χ0n) is 17.7. The van der Waals surface area contributed by atoms with Gasteiger partial charge in [-0.3, -0.25) is 10.1 Å². The van der Waals surface area contributed by atoms with Crippen molar-refractivity contribution in [3.8, 4) is 5.75 Å². The largest absolute Gasteiger partial charge is 0.495 e. The van der Waals surface area contributed by atoms with Crippen LogP contribution in [0.1, 0.15) is 50.4 Å². The average Bonchev–Trinajstić information content (AvgIpc) is 3.15. The summed E-state index contributed by atoms with van der Waals surface area (Å²) in [5.41, 5.74) is -0.534. The molecular weight excluding hydrogens is 408 g/mol. The summed E-state index contributed by atoms with van der Waals surface area (Å²) in [5.74, 6) is 0.382. The van der Waals surface area contributed by atoms with Gasteiger partial charge >= 0.3 is 0 Å². The summed E-state index contributed by atoms with van der Waals surface area (Å²) in [6.07, 6.45) is 3.36. The molecule has 3 rings (SSSR count). The minimum atomic E-state index is -3.90. The summed E-state index contributed by atoms with van der Waals surface area (Å²) in [5, 5.41) is 9.50. The fourth-order valence-electron chi connectivity index (χ4n) is 3.21. The lowest BCUT2D eigenvalue weighted by molar-refractivity contribution is 0.102. The Bertz CT molecular complexity index is 1010. The highest BCUT2D eigenvalue weighted by Crippen LogP contribution is 2.26. The van der Waals surface area contributed by atoms with E-state index in [0.717, 1.165) is 25.9 Å². The molecule has 0 atom stereocenters. The second-order valence-electron chi connectivity index (χ2n) is 8.21. The zero-order valence-corrected chi connectivity index (χ0v) is 18.5. The second kappa shape index (κ2) is 8.60. The first-order valence-corrected chi connectivity index (χ1v) is 11.3. The zero-order chi connectivity index (χ0) is 21.9. The van der Waals surface area contributed by atoms with Gasteiger partial charge in [0, 0.05) is 24.2 Å². The van der Waals surface area contributed by atoms with E-state index in [1.54, 1.807) is 20.8 Å². The van der Waals surface area contributed by atoms with E-state index in [1.807, 2.05) is 0 Å². The number of carbonyl (C=O) groups excluding carboxylic acids is 1. The summed E-state index contributed by atoms with van der Waals surface area (Å²) in [4.78, 5) is 19.0. The molecule has 10 nitrogen and oxygen atoms in total. The van der Waals surface area contributed by atoms with Gasteiger partial charge < -0.3 is 9.64 Å². The predicted molar refractivity (Wildman–Crippen MR) is 113 cm³/mol. The lowest BCUT2D eigenvalue weighted by atomic mass is 10.1. The highest BCUT2D eigenvalue weighted by molar-refractivity contribution is 7.89. The van der Waals surface area contributed by atoms with Gasteiger partial charge in [0.25, 0.3) is 5.91 Å². The van der Waals surface area contributed by atoms with E-state index in [0.29, 0.717) is 5.95 Å². The van der Waals surface area contributed by atoms with Crippen molar-refractivity contribution in [2.45, 2.75) is 50.5 Å². The molecule has 0 bridgehead atoms. The van der Waals surface area contributed by atoms with Gasteiger partial charge in [-0.05, 0) is 58.2 Å². The first-order chi connectivity index (χ1) is 14.1.